The molecule has 0 amide bonds. The molecule has 212 valence electrons. The molecule has 12 nitrogen and oxygen atoms in total. The highest BCUT2D eigenvalue weighted by Gasteiger charge is 2.53. The molecule has 3 unspecified atom stereocenters. The Morgan fingerprint density at radius 1 is 0.875 bits per heavy atom. The molecular formula is C28H30N2O10. The van der Waals surface area contributed by atoms with Crippen molar-refractivity contribution >= 4 is 11.9 Å². The number of carbonyl (C=O) groups excluding carboxylic acids is 1. The monoisotopic (exact) mass is 554 g/mol. The summed E-state index contributed by atoms with van der Waals surface area (Å²) in [5, 5.41) is 40.2. The van der Waals surface area contributed by atoms with E-state index in [1.54, 1.807) is 80.6 Å². The molecule has 4 N–H and O–H groups in total. The zero-order valence-electron chi connectivity index (χ0n) is 21.9. The molecule has 0 bridgehead atoms. The zero-order valence-corrected chi connectivity index (χ0v) is 21.9. The van der Waals surface area contributed by atoms with E-state index in [0.29, 0.717) is 22.5 Å². The topological polar surface area (TPSA) is 178 Å². The van der Waals surface area contributed by atoms with Gasteiger partial charge in [0.25, 0.3) is 0 Å². The van der Waals surface area contributed by atoms with Gasteiger partial charge in [-0.05, 0) is 31.0 Å². The minimum absolute atomic E-state index is 0.170. The number of rotatable bonds is 9. The summed E-state index contributed by atoms with van der Waals surface area (Å²) in [6, 6.07) is 18.9. The van der Waals surface area contributed by atoms with E-state index in [1.165, 1.54) is 7.11 Å². The van der Waals surface area contributed by atoms with Crippen molar-refractivity contribution in [1.29, 1.82) is 0 Å². The Kier molecular flexibility index (Phi) is 8.76. The lowest BCUT2D eigenvalue weighted by Crippen LogP contribution is -2.61. The van der Waals surface area contributed by atoms with Gasteiger partial charge in [-0.15, -0.1) is 0 Å². The van der Waals surface area contributed by atoms with Gasteiger partial charge in [-0.25, -0.2) is 19.6 Å². The lowest BCUT2D eigenvalue weighted by Gasteiger charge is -2.41. The number of esters is 1. The first-order valence-corrected chi connectivity index (χ1v) is 12.4. The maximum Gasteiger partial charge on any atom is 0.353 e. The summed E-state index contributed by atoms with van der Waals surface area (Å²) >= 11 is 0. The molecule has 0 aliphatic carbocycles. The van der Waals surface area contributed by atoms with E-state index in [1.807, 2.05) is 0 Å². The molecular weight excluding hydrogens is 524 g/mol. The first-order valence-electron chi connectivity index (χ1n) is 12.4. The van der Waals surface area contributed by atoms with Crippen molar-refractivity contribution < 1.29 is 49.0 Å². The van der Waals surface area contributed by atoms with Gasteiger partial charge in [0.15, 0.2) is 11.7 Å². The molecule has 4 rings (SSSR count). The van der Waals surface area contributed by atoms with E-state index in [4.69, 9.17) is 18.9 Å². The van der Waals surface area contributed by atoms with Crippen LogP contribution in [-0.2, 0) is 29.4 Å². The van der Waals surface area contributed by atoms with E-state index in [9.17, 15) is 30.0 Å². The van der Waals surface area contributed by atoms with Gasteiger partial charge in [-0.1, -0.05) is 60.7 Å². The molecule has 1 aromatic heterocycles. The summed E-state index contributed by atoms with van der Waals surface area (Å²) in [7, 11) is 1.37. The van der Waals surface area contributed by atoms with Crippen molar-refractivity contribution in [3.05, 3.63) is 89.2 Å². The summed E-state index contributed by atoms with van der Waals surface area (Å²) in [5.74, 6) is -2.79. The van der Waals surface area contributed by atoms with Crippen LogP contribution in [-0.4, -0.2) is 86.3 Å². The van der Waals surface area contributed by atoms with Crippen molar-refractivity contribution in [1.82, 2.24) is 9.97 Å². The number of methoxy groups -OCH3 is 1. The van der Waals surface area contributed by atoms with Crippen molar-refractivity contribution in [2.75, 3.05) is 7.11 Å². The highest BCUT2D eigenvalue weighted by atomic mass is 16.7. The predicted molar refractivity (Wildman–Crippen MR) is 137 cm³/mol. The van der Waals surface area contributed by atoms with Crippen LogP contribution in [0.15, 0.2) is 66.7 Å². The number of hydrogen-bond acceptors (Lipinski definition) is 11. The maximum atomic E-state index is 14.0. The Hall–Kier alpha value is -3.94. The van der Waals surface area contributed by atoms with Crippen LogP contribution in [0.4, 0.5) is 0 Å². The minimum Gasteiger partial charge on any atom is -0.479 e. The Morgan fingerprint density at radius 3 is 1.88 bits per heavy atom. The average molecular weight is 555 g/mol. The largest absolute Gasteiger partial charge is 0.479 e. The fraction of sp³-hybridized carbons (Fsp3) is 0.357. The van der Waals surface area contributed by atoms with Crippen LogP contribution in [0.3, 0.4) is 0 Å². The van der Waals surface area contributed by atoms with Gasteiger partial charge in [-0.3, -0.25) is 0 Å². The second kappa shape index (κ2) is 12.1. The lowest BCUT2D eigenvalue weighted by molar-refractivity contribution is -0.289. The third kappa shape index (κ3) is 5.67. The average Bonchev–Trinajstić information content (AvgIpc) is 2.94. The number of aliphatic carboxylic acids is 1. The van der Waals surface area contributed by atoms with Crippen LogP contribution in [0.25, 0.3) is 0 Å². The summed E-state index contributed by atoms with van der Waals surface area (Å²) in [4.78, 5) is 34.1. The van der Waals surface area contributed by atoms with Crippen LogP contribution >= 0.6 is 0 Å². The second-order valence-corrected chi connectivity index (χ2v) is 9.27. The molecule has 2 heterocycles. The molecule has 1 fully saturated rings. The van der Waals surface area contributed by atoms with Gasteiger partial charge in [0.05, 0.1) is 0 Å². The molecule has 0 saturated carbocycles. The molecule has 6 atom stereocenters. The Morgan fingerprint density at radius 2 is 1.40 bits per heavy atom. The van der Waals surface area contributed by atoms with E-state index in [-0.39, 0.29) is 6.01 Å². The fourth-order valence-electron chi connectivity index (χ4n) is 4.66. The lowest BCUT2D eigenvalue weighted by atomic mass is 9.81. The van der Waals surface area contributed by atoms with E-state index in [2.05, 4.69) is 9.97 Å². The summed E-state index contributed by atoms with van der Waals surface area (Å²) < 4.78 is 22.8. The van der Waals surface area contributed by atoms with Gasteiger partial charge in [-0.2, -0.15) is 0 Å². The third-order valence-corrected chi connectivity index (χ3v) is 6.54. The first-order chi connectivity index (χ1) is 19.1. The second-order valence-electron chi connectivity index (χ2n) is 9.27. The number of nitrogens with zero attached hydrogens (tertiary/aromatic N) is 2. The fourth-order valence-corrected chi connectivity index (χ4v) is 4.66. The Balaban J connectivity index is 1.83. The standard InChI is InChI=1S/C28H30N2O10/c1-15-14-16(2)30-27(29-15)39-23(25(36)40-26-21(33)19(31)20(32)22(38-26)24(34)35)28(37-3,17-10-6-4-7-11-17)18-12-8-5-9-13-18/h4-14,19-23,26,31-33H,1-3H3,(H,34,35)/t19?,20-,21?,22?,23-,26-/m0/s1. The minimum atomic E-state index is -1.98. The van der Waals surface area contributed by atoms with Gasteiger partial charge < -0.3 is 39.4 Å². The van der Waals surface area contributed by atoms with Crippen molar-refractivity contribution in [2.24, 2.45) is 0 Å². The molecule has 12 heteroatoms. The van der Waals surface area contributed by atoms with Crippen LogP contribution in [0.2, 0.25) is 0 Å². The van der Waals surface area contributed by atoms with Crippen LogP contribution in [0, 0.1) is 13.8 Å². The molecule has 2 aromatic carbocycles. The molecule has 1 saturated heterocycles. The summed E-state index contributed by atoms with van der Waals surface area (Å²) in [6.07, 6.45) is -11.6. The quantitative estimate of drug-likeness (QED) is 0.275. The number of hydrogen-bond donors (Lipinski definition) is 4. The smallest absolute Gasteiger partial charge is 0.353 e. The van der Waals surface area contributed by atoms with Crippen molar-refractivity contribution in [3.8, 4) is 6.01 Å². The number of benzene rings is 2. The number of carboxylic acids is 1. The Bertz CT molecular complexity index is 1260. The van der Waals surface area contributed by atoms with E-state index < -0.39 is 54.3 Å². The van der Waals surface area contributed by atoms with E-state index in [0.717, 1.165) is 0 Å². The maximum absolute atomic E-state index is 14.0. The molecule has 0 spiro atoms. The number of aliphatic hydroxyl groups excluding tert-OH is 3. The van der Waals surface area contributed by atoms with E-state index >= 15 is 0 Å². The number of aryl methyl sites for hydroxylation is 2. The molecule has 1 aliphatic heterocycles. The number of carboxylic acid groups (broad SMARTS) is 1. The molecule has 1 aliphatic rings. The summed E-state index contributed by atoms with van der Waals surface area (Å²) in [6.45, 7) is 3.44. The third-order valence-electron chi connectivity index (χ3n) is 6.54. The Labute approximate surface area is 229 Å². The van der Waals surface area contributed by atoms with Gasteiger partial charge in [0.2, 0.25) is 12.4 Å². The van der Waals surface area contributed by atoms with Crippen LogP contribution < -0.4 is 4.74 Å². The number of aromatic nitrogens is 2. The zero-order chi connectivity index (χ0) is 29.0. The predicted octanol–water partition coefficient (Wildman–Crippen LogP) is 0.866. The van der Waals surface area contributed by atoms with Gasteiger partial charge in [0, 0.05) is 18.5 Å². The van der Waals surface area contributed by atoms with Gasteiger partial charge >= 0.3 is 17.9 Å². The highest BCUT2D eigenvalue weighted by molar-refractivity contribution is 5.79. The first kappa shape index (κ1) is 29.1. The SMILES string of the molecule is COC(c1ccccc1)(c1ccccc1)[C@@H](Oc1nc(C)cc(C)n1)C(=O)O[C@@H]1OC(C(=O)O)[C@@H](O)C(O)C1O. The van der Waals surface area contributed by atoms with Crippen LogP contribution in [0.1, 0.15) is 22.5 Å². The number of aliphatic hydroxyl groups is 3. The van der Waals surface area contributed by atoms with Crippen molar-refractivity contribution in [3.63, 3.8) is 0 Å². The normalized spacial score (nSPS) is 23.7. The van der Waals surface area contributed by atoms with Gasteiger partial charge in [0.1, 0.15) is 18.3 Å². The molecule has 40 heavy (non-hydrogen) atoms. The molecule has 0 radical (unpaired) electrons. The molecule has 3 aromatic rings. The van der Waals surface area contributed by atoms with Crippen molar-refractivity contribution in [2.45, 2.75) is 56.3 Å². The number of carbonyl (C=O) groups is 2. The summed E-state index contributed by atoms with van der Waals surface area (Å²) in [5.41, 5.74) is 0.414. The highest BCUT2D eigenvalue weighted by Crippen LogP contribution is 2.39. The van der Waals surface area contributed by atoms with Crippen LogP contribution in [0.5, 0.6) is 6.01 Å². The number of ether oxygens (including phenoxy) is 4.